The lowest BCUT2D eigenvalue weighted by Gasteiger charge is -2.17. The maximum atomic E-state index is 12.4. The lowest BCUT2D eigenvalue weighted by Crippen LogP contribution is -2.31. The summed E-state index contributed by atoms with van der Waals surface area (Å²) < 4.78 is 24.1. The lowest BCUT2D eigenvalue weighted by molar-refractivity contribution is 0.566. The molecule has 0 aliphatic rings. The van der Waals surface area contributed by atoms with E-state index in [1.165, 1.54) is 0 Å². The predicted octanol–water partition coefficient (Wildman–Crippen LogP) is 3.53. The summed E-state index contributed by atoms with van der Waals surface area (Å²) in [6.45, 7) is 2.36. The Morgan fingerprint density at radius 2 is 1.52 bits per heavy atom. The van der Waals surface area contributed by atoms with Crippen LogP contribution in [-0.4, -0.2) is 19.1 Å². The molecule has 0 amide bonds. The van der Waals surface area contributed by atoms with Crippen molar-refractivity contribution in [2.75, 3.05) is 6.54 Å². The molecular formula is C16H18BrNO2S. The Hall–Kier alpha value is -1.17. The monoisotopic (exact) mass is 367 g/mol. The molecule has 1 unspecified atom stereocenters. The van der Waals surface area contributed by atoms with E-state index in [4.69, 9.17) is 0 Å². The van der Waals surface area contributed by atoms with E-state index in [1.54, 1.807) is 30.3 Å². The first-order valence-corrected chi connectivity index (χ1v) is 9.19. The number of benzene rings is 2. The zero-order valence-corrected chi connectivity index (χ0v) is 14.1. The maximum Gasteiger partial charge on any atom is 0.192 e. The van der Waals surface area contributed by atoms with Crippen molar-refractivity contribution in [2.45, 2.75) is 22.0 Å². The summed E-state index contributed by atoms with van der Waals surface area (Å²) in [6.07, 6.45) is 0. The molecule has 0 bridgehead atoms. The molecule has 0 saturated carbocycles. The third-order valence-electron chi connectivity index (χ3n) is 3.29. The van der Waals surface area contributed by atoms with Gasteiger partial charge in [0.25, 0.3) is 0 Å². The standard InChI is InChI=1S/C16H18BrNO2S/c1-13(14-8-4-2-5-9-14)18-12-16(17)21(19,20)15-10-6-3-7-11-15/h2-11,13,16,18H,12H2,1H3/t13-,16?/m1/s1. The molecule has 0 aliphatic carbocycles. The quantitative estimate of drug-likeness (QED) is 0.794. The van der Waals surface area contributed by atoms with Gasteiger partial charge in [-0.25, -0.2) is 8.42 Å². The molecule has 0 spiro atoms. The molecule has 0 fully saturated rings. The molecule has 2 atom stereocenters. The van der Waals surface area contributed by atoms with Gasteiger partial charge in [-0.3, -0.25) is 0 Å². The Kier molecular flexibility index (Phi) is 5.56. The minimum Gasteiger partial charge on any atom is -0.308 e. The molecule has 2 aromatic carbocycles. The van der Waals surface area contributed by atoms with Gasteiger partial charge in [-0.2, -0.15) is 0 Å². The fraction of sp³-hybridized carbons (Fsp3) is 0.250. The van der Waals surface area contributed by atoms with E-state index in [0.29, 0.717) is 11.4 Å². The molecule has 3 nitrogen and oxygen atoms in total. The second kappa shape index (κ2) is 7.20. The zero-order valence-electron chi connectivity index (χ0n) is 11.7. The largest absolute Gasteiger partial charge is 0.308 e. The van der Waals surface area contributed by atoms with Crippen LogP contribution in [0, 0.1) is 0 Å². The Balaban J connectivity index is 2.00. The SMILES string of the molecule is C[C@@H](NCC(Br)S(=O)(=O)c1ccccc1)c1ccccc1. The van der Waals surface area contributed by atoms with Gasteiger partial charge in [0.15, 0.2) is 9.84 Å². The molecule has 0 radical (unpaired) electrons. The molecule has 112 valence electrons. The molecule has 2 aromatic rings. The number of hydrogen-bond acceptors (Lipinski definition) is 3. The van der Waals surface area contributed by atoms with Crippen LogP contribution in [0.1, 0.15) is 18.5 Å². The van der Waals surface area contributed by atoms with Gasteiger partial charge in [0.05, 0.1) is 4.90 Å². The van der Waals surface area contributed by atoms with Gasteiger partial charge in [-0.15, -0.1) is 0 Å². The van der Waals surface area contributed by atoms with Gasteiger partial charge in [0.1, 0.15) is 4.16 Å². The van der Waals surface area contributed by atoms with Crippen LogP contribution in [0.2, 0.25) is 0 Å². The van der Waals surface area contributed by atoms with Crippen molar-refractivity contribution in [3.05, 3.63) is 66.2 Å². The molecule has 21 heavy (non-hydrogen) atoms. The highest BCUT2D eigenvalue weighted by atomic mass is 79.9. The van der Waals surface area contributed by atoms with Crippen LogP contribution in [0.4, 0.5) is 0 Å². The van der Waals surface area contributed by atoms with Crippen molar-refractivity contribution in [3.63, 3.8) is 0 Å². The first-order chi connectivity index (χ1) is 10.0. The Bertz CT molecular complexity index is 659. The van der Waals surface area contributed by atoms with Crippen LogP contribution in [-0.2, 0) is 9.84 Å². The lowest BCUT2D eigenvalue weighted by atomic mass is 10.1. The van der Waals surface area contributed by atoms with Gasteiger partial charge >= 0.3 is 0 Å². The summed E-state index contributed by atoms with van der Waals surface area (Å²) in [4.78, 5) is 0.334. The third-order valence-corrected chi connectivity index (χ3v) is 6.86. The zero-order chi connectivity index (χ0) is 15.3. The number of sulfone groups is 1. The molecule has 2 rings (SSSR count). The molecule has 5 heteroatoms. The fourth-order valence-electron chi connectivity index (χ4n) is 2.00. The first-order valence-electron chi connectivity index (χ1n) is 6.73. The van der Waals surface area contributed by atoms with Crippen LogP contribution in [0.5, 0.6) is 0 Å². The predicted molar refractivity (Wildman–Crippen MR) is 89.2 cm³/mol. The minimum absolute atomic E-state index is 0.0947. The topological polar surface area (TPSA) is 46.2 Å². The number of alkyl halides is 1. The first kappa shape index (κ1) is 16.2. The average Bonchev–Trinajstić information content (AvgIpc) is 2.53. The van der Waals surface area contributed by atoms with E-state index in [-0.39, 0.29) is 6.04 Å². The summed E-state index contributed by atoms with van der Waals surface area (Å²) in [7, 11) is -3.36. The Labute approximate surface area is 134 Å². The normalized spacial score (nSPS) is 14.6. The molecular weight excluding hydrogens is 350 g/mol. The highest BCUT2D eigenvalue weighted by Crippen LogP contribution is 2.20. The van der Waals surface area contributed by atoms with Crippen molar-refractivity contribution >= 4 is 25.8 Å². The Morgan fingerprint density at radius 3 is 2.10 bits per heavy atom. The van der Waals surface area contributed by atoms with Gasteiger partial charge < -0.3 is 5.32 Å². The average molecular weight is 368 g/mol. The molecule has 0 heterocycles. The summed E-state index contributed by atoms with van der Waals surface area (Å²) in [5.41, 5.74) is 1.13. The number of halogens is 1. The van der Waals surface area contributed by atoms with Gasteiger partial charge in [-0.1, -0.05) is 64.5 Å². The number of rotatable bonds is 6. The number of hydrogen-bond donors (Lipinski definition) is 1. The van der Waals surface area contributed by atoms with E-state index in [0.717, 1.165) is 5.56 Å². The van der Waals surface area contributed by atoms with E-state index in [1.807, 2.05) is 37.3 Å². The second-order valence-corrected chi connectivity index (χ2v) is 8.65. The highest BCUT2D eigenvalue weighted by molar-refractivity contribution is 9.11. The van der Waals surface area contributed by atoms with Crippen LogP contribution in [0.15, 0.2) is 65.6 Å². The molecule has 0 aromatic heterocycles. The summed E-state index contributed by atoms with van der Waals surface area (Å²) >= 11 is 3.29. The fourth-order valence-corrected chi connectivity index (χ4v) is 3.98. The van der Waals surface area contributed by atoms with Gasteiger partial charge in [-0.05, 0) is 24.6 Å². The van der Waals surface area contributed by atoms with Crippen molar-refractivity contribution in [1.29, 1.82) is 0 Å². The highest BCUT2D eigenvalue weighted by Gasteiger charge is 2.24. The van der Waals surface area contributed by atoms with Crippen LogP contribution < -0.4 is 5.32 Å². The van der Waals surface area contributed by atoms with E-state index in [9.17, 15) is 8.42 Å². The number of nitrogens with one attached hydrogen (secondary N) is 1. The maximum absolute atomic E-state index is 12.4. The third kappa shape index (κ3) is 4.15. The smallest absolute Gasteiger partial charge is 0.192 e. The molecule has 0 aliphatic heterocycles. The van der Waals surface area contributed by atoms with Crippen molar-refractivity contribution in [2.24, 2.45) is 0 Å². The molecule has 1 N–H and O–H groups in total. The van der Waals surface area contributed by atoms with Crippen molar-refractivity contribution in [1.82, 2.24) is 5.32 Å². The van der Waals surface area contributed by atoms with Crippen LogP contribution >= 0.6 is 15.9 Å². The Morgan fingerprint density at radius 1 is 1.00 bits per heavy atom. The van der Waals surface area contributed by atoms with E-state index < -0.39 is 14.0 Å². The minimum atomic E-state index is -3.36. The summed E-state index contributed by atoms with van der Waals surface area (Å²) in [6, 6.07) is 18.5. The van der Waals surface area contributed by atoms with Gasteiger partial charge in [0.2, 0.25) is 0 Å². The summed E-state index contributed by atoms with van der Waals surface area (Å²) in [5.74, 6) is 0. The van der Waals surface area contributed by atoms with E-state index >= 15 is 0 Å². The molecule has 0 saturated heterocycles. The van der Waals surface area contributed by atoms with E-state index in [2.05, 4.69) is 21.2 Å². The van der Waals surface area contributed by atoms with Crippen LogP contribution in [0.3, 0.4) is 0 Å². The van der Waals surface area contributed by atoms with Gasteiger partial charge in [0, 0.05) is 12.6 Å². The van der Waals surface area contributed by atoms with Crippen molar-refractivity contribution < 1.29 is 8.42 Å². The van der Waals surface area contributed by atoms with Crippen molar-refractivity contribution in [3.8, 4) is 0 Å². The van der Waals surface area contributed by atoms with Crippen LogP contribution in [0.25, 0.3) is 0 Å². The second-order valence-electron chi connectivity index (χ2n) is 4.81. The summed E-state index contributed by atoms with van der Waals surface area (Å²) in [5, 5.41) is 3.25.